The quantitative estimate of drug-likeness (QED) is 0.867. The number of hydrogen-bond donors (Lipinski definition) is 2. The van der Waals surface area contributed by atoms with Crippen molar-refractivity contribution in [3.8, 4) is 0 Å². The molecule has 0 aromatic heterocycles. The third-order valence-electron chi connectivity index (χ3n) is 3.99. The molecule has 22 heavy (non-hydrogen) atoms. The van der Waals surface area contributed by atoms with Crippen molar-refractivity contribution in [3.63, 3.8) is 0 Å². The molecule has 1 fully saturated rings. The molecule has 2 amide bonds. The second kappa shape index (κ2) is 7.61. The van der Waals surface area contributed by atoms with Crippen LogP contribution >= 0.6 is 11.6 Å². The average molecular weight is 325 g/mol. The largest absolute Gasteiger partial charge is 0.395 e. The van der Waals surface area contributed by atoms with Gasteiger partial charge >= 0.3 is 0 Å². The minimum absolute atomic E-state index is 0.0543. The second-order valence-electron chi connectivity index (χ2n) is 5.34. The predicted molar refractivity (Wildman–Crippen MR) is 84.4 cm³/mol. The van der Waals surface area contributed by atoms with Gasteiger partial charge in [0.05, 0.1) is 18.6 Å². The first-order valence-corrected chi connectivity index (χ1v) is 7.89. The molecular weight excluding hydrogens is 304 g/mol. The highest BCUT2D eigenvalue weighted by molar-refractivity contribution is 6.30. The van der Waals surface area contributed by atoms with E-state index in [1.54, 1.807) is 17.0 Å². The highest BCUT2D eigenvalue weighted by Gasteiger charge is 2.39. The van der Waals surface area contributed by atoms with Gasteiger partial charge in [0.15, 0.2) is 0 Å². The van der Waals surface area contributed by atoms with Gasteiger partial charge in [0.1, 0.15) is 0 Å². The summed E-state index contributed by atoms with van der Waals surface area (Å²) >= 11 is 6.07. The summed E-state index contributed by atoms with van der Waals surface area (Å²) in [6.45, 7) is 2.57. The zero-order chi connectivity index (χ0) is 16.1. The molecule has 1 heterocycles. The van der Waals surface area contributed by atoms with Gasteiger partial charge in [0, 0.05) is 24.5 Å². The van der Waals surface area contributed by atoms with E-state index in [1.807, 2.05) is 19.1 Å². The number of carbonyl (C=O) groups excluding carboxylic acids is 2. The first-order chi connectivity index (χ1) is 10.6. The normalized spacial score (nSPS) is 21.8. The van der Waals surface area contributed by atoms with Gasteiger partial charge in [-0.15, -0.1) is 0 Å². The van der Waals surface area contributed by atoms with Crippen molar-refractivity contribution < 1.29 is 14.7 Å². The minimum Gasteiger partial charge on any atom is -0.395 e. The van der Waals surface area contributed by atoms with Crippen LogP contribution in [0.4, 0.5) is 0 Å². The molecule has 2 rings (SSSR count). The maximum Gasteiger partial charge on any atom is 0.225 e. The molecule has 1 aliphatic rings. The molecule has 0 spiro atoms. The van der Waals surface area contributed by atoms with Gasteiger partial charge in [-0.05, 0) is 31.0 Å². The number of amides is 2. The lowest BCUT2D eigenvalue weighted by molar-refractivity contribution is -0.143. The van der Waals surface area contributed by atoms with Crippen LogP contribution in [0, 0.1) is 5.92 Å². The zero-order valence-corrected chi connectivity index (χ0v) is 13.3. The molecule has 1 aromatic rings. The van der Waals surface area contributed by atoms with Gasteiger partial charge in [-0.1, -0.05) is 23.7 Å². The molecule has 5 nitrogen and oxygen atoms in total. The SMILES string of the molecule is CCN1C(=O)CC[C@@H](C(=O)NCCO)[C@@H]1c1cccc(Cl)c1. The van der Waals surface area contributed by atoms with E-state index in [-0.39, 0.29) is 36.9 Å². The van der Waals surface area contributed by atoms with Gasteiger partial charge in [-0.3, -0.25) is 9.59 Å². The van der Waals surface area contributed by atoms with Gasteiger partial charge in [0.25, 0.3) is 0 Å². The summed E-state index contributed by atoms with van der Waals surface area (Å²) in [7, 11) is 0. The number of carbonyl (C=O) groups is 2. The number of nitrogens with zero attached hydrogens (tertiary/aromatic N) is 1. The molecule has 0 aliphatic carbocycles. The van der Waals surface area contributed by atoms with E-state index in [0.29, 0.717) is 24.4 Å². The van der Waals surface area contributed by atoms with Crippen LogP contribution in [0.5, 0.6) is 0 Å². The third-order valence-corrected chi connectivity index (χ3v) is 4.22. The van der Waals surface area contributed by atoms with Crippen molar-refractivity contribution in [2.45, 2.75) is 25.8 Å². The van der Waals surface area contributed by atoms with Crippen LogP contribution in [0.3, 0.4) is 0 Å². The van der Waals surface area contributed by atoms with Crippen LogP contribution < -0.4 is 5.32 Å². The summed E-state index contributed by atoms with van der Waals surface area (Å²) in [5, 5.41) is 12.2. The standard InChI is InChI=1S/C16H21ClN2O3/c1-2-19-14(21)7-6-13(16(22)18-8-9-20)15(19)11-4-3-5-12(17)10-11/h3-5,10,13,15,20H,2,6-9H2,1H3,(H,18,22)/t13-,15+/m1/s1. The fraction of sp³-hybridized carbons (Fsp3) is 0.500. The second-order valence-corrected chi connectivity index (χ2v) is 5.78. The van der Waals surface area contributed by atoms with E-state index in [0.717, 1.165) is 5.56 Å². The monoisotopic (exact) mass is 324 g/mol. The topological polar surface area (TPSA) is 69.6 Å². The zero-order valence-electron chi connectivity index (χ0n) is 12.6. The Morgan fingerprint density at radius 2 is 2.27 bits per heavy atom. The fourth-order valence-corrected chi connectivity index (χ4v) is 3.21. The molecule has 0 saturated carbocycles. The molecule has 1 aromatic carbocycles. The smallest absolute Gasteiger partial charge is 0.225 e. The predicted octanol–water partition coefficient (Wildman–Crippen LogP) is 1.75. The van der Waals surface area contributed by atoms with E-state index in [4.69, 9.17) is 16.7 Å². The summed E-state index contributed by atoms with van der Waals surface area (Å²) in [6, 6.07) is 6.98. The number of likely N-dealkylation sites (tertiary alicyclic amines) is 1. The minimum atomic E-state index is -0.331. The summed E-state index contributed by atoms with van der Waals surface area (Å²) in [5.74, 6) is -0.411. The number of hydrogen-bond acceptors (Lipinski definition) is 3. The van der Waals surface area contributed by atoms with Crippen molar-refractivity contribution in [3.05, 3.63) is 34.9 Å². The lowest BCUT2D eigenvalue weighted by Gasteiger charge is -2.40. The Hall–Kier alpha value is -1.59. The van der Waals surface area contributed by atoms with Crippen molar-refractivity contribution >= 4 is 23.4 Å². The van der Waals surface area contributed by atoms with Crippen LogP contribution in [-0.2, 0) is 9.59 Å². The number of halogens is 1. The molecule has 1 aliphatic heterocycles. The van der Waals surface area contributed by atoms with E-state index in [1.165, 1.54) is 0 Å². The Morgan fingerprint density at radius 3 is 2.91 bits per heavy atom. The Kier molecular flexibility index (Phi) is 5.80. The number of aliphatic hydroxyl groups excluding tert-OH is 1. The van der Waals surface area contributed by atoms with E-state index >= 15 is 0 Å². The molecular formula is C16H21ClN2O3. The van der Waals surface area contributed by atoms with Crippen LogP contribution in [-0.4, -0.2) is 41.5 Å². The Labute approximate surface area is 135 Å². The summed E-state index contributed by atoms with van der Waals surface area (Å²) in [4.78, 5) is 26.3. The maximum atomic E-state index is 12.4. The van der Waals surface area contributed by atoms with Crippen LogP contribution in [0.2, 0.25) is 5.02 Å². The molecule has 0 radical (unpaired) electrons. The van der Waals surface area contributed by atoms with Crippen molar-refractivity contribution in [2.75, 3.05) is 19.7 Å². The first-order valence-electron chi connectivity index (χ1n) is 7.52. The van der Waals surface area contributed by atoms with Gasteiger partial charge in [-0.25, -0.2) is 0 Å². The Morgan fingerprint density at radius 1 is 1.50 bits per heavy atom. The summed E-state index contributed by atoms with van der Waals surface area (Å²) in [6.07, 6.45) is 0.867. The Bertz CT molecular complexity index is 550. The molecule has 120 valence electrons. The summed E-state index contributed by atoms with van der Waals surface area (Å²) in [5.41, 5.74) is 0.867. The highest BCUT2D eigenvalue weighted by Crippen LogP contribution is 2.37. The molecule has 1 saturated heterocycles. The number of piperidine rings is 1. The van der Waals surface area contributed by atoms with Gasteiger partial charge in [0.2, 0.25) is 11.8 Å². The molecule has 0 unspecified atom stereocenters. The lowest BCUT2D eigenvalue weighted by atomic mass is 9.83. The van der Waals surface area contributed by atoms with Gasteiger partial charge in [-0.2, -0.15) is 0 Å². The number of nitrogens with one attached hydrogen (secondary N) is 1. The highest BCUT2D eigenvalue weighted by atomic mass is 35.5. The van der Waals surface area contributed by atoms with E-state index < -0.39 is 0 Å². The van der Waals surface area contributed by atoms with E-state index in [2.05, 4.69) is 5.32 Å². The maximum absolute atomic E-state index is 12.4. The van der Waals surface area contributed by atoms with Crippen molar-refractivity contribution in [1.29, 1.82) is 0 Å². The average Bonchev–Trinajstić information content (AvgIpc) is 2.52. The lowest BCUT2D eigenvalue weighted by Crippen LogP contribution is -2.48. The molecule has 6 heteroatoms. The fourth-order valence-electron chi connectivity index (χ4n) is 3.01. The number of aliphatic hydroxyl groups is 1. The van der Waals surface area contributed by atoms with Gasteiger partial charge < -0.3 is 15.3 Å². The number of rotatable bonds is 5. The molecule has 2 atom stereocenters. The first kappa shape index (κ1) is 16.8. The van der Waals surface area contributed by atoms with Crippen LogP contribution in [0.15, 0.2) is 24.3 Å². The summed E-state index contributed by atoms with van der Waals surface area (Å²) < 4.78 is 0. The Balaban J connectivity index is 2.34. The van der Waals surface area contributed by atoms with E-state index in [9.17, 15) is 9.59 Å². The molecule has 0 bridgehead atoms. The number of benzene rings is 1. The molecule has 2 N–H and O–H groups in total. The van der Waals surface area contributed by atoms with Crippen molar-refractivity contribution in [1.82, 2.24) is 10.2 Å². The third kappa shape index (κ3) is 3.59. The van der Waals surface area contributed by atoms with Crippen LogP contribution in [0.25, 0.3) is 0 Å². The van der Waals surface area contributed by atoms with Crippen LogP contribution in [0.1, 0.15) is 31.4 Å². The van der Waals surface area contributed by atoms with Crippen molar-refractivity contribution in [2.24, 2.45) is 5.92 Å².